The molecule has 0 bridgehead atoms. The first kappa shape index (κ1) is 18.8. The van der Waals surface area contributed by atoms with Crippen LogP contribution in [-0.2, 0) is 6.42 Å². The highest BCUT2D eigenvalue weighted by Crippen LogP contribution is 2.24. The van der Waals surface area contributed by atoms with Crippen molar-refractivity contribution in [1.82, 2.24) is 0 Å². The number of hydrogen-bond donors (Lipinski definition) is 1. The van der Waals surface area contributed by atoms with Crippen LogP contribution in [0.4, 0.5) is 0 Å². The predicted octanol–water partition coefficient (Wildman–Crippen LogP) is 6.89. The summed E-state index contributed by atoms with van der Waals surface area (Å²) in [5.74, 6) is 0.405. The molecular formula is C21H34O. The second kappa shape index (κ2) is 12.3. The molecule has 1 rings (SSSR count). The molecule has 1 N–H and O–H groups in total. The summed E-state index contributed by atoms with van der Waals surface area (Å²) < 4.78 is 0. The molecule has 0 aliphatic carbocycles. The molecule has 124 valence electrons. The van der Waals surface area contributed by atoms with Gasteiger partial charge in [0.25, 0.3) is 0 Å². The third kappa shape index (κ3) is 7.68. The van der Waals surface area contributed by atoms with E-state index in [1.165, 1.54) is 69.8 Å². The maximum absolute atomic E-state index is 9.93. The molecule has 0 aliphatic heterocycles. The van der Waals surface area contributed by atoms with Crippen LogP contribution in [0.2, 0.25) is 0 Å². The second-order valence-electron chi connectivity index (χ2n) is 6.28. The maximum Gasteiger partial charge on any atom is 0.123 e. The van der Waals surface area contributed by atoms with Crippen molar-refractivity contribution in [3.63, 3.8) is 0 Å². The summed E-state index contributed by atoms with van der Waals surface area (Å²) in [5, 5.41) is 9.93. The third-order valence-corrected chi connectivity index (χ3v) is 4.31. The molecule has 0 heterocycles. The number of allylic oxidation sites excluding steroid dienone is 1. The van der Waals surface area contributed by atoms with E-state index in [1.54, 1.807) is 6.07 Å². The molecule has 0 aromatic heterocycles. The van der Waals surface area contributed by atoms with E-state index in [-0.39, 0.29) is 0 Å². The summed E-state index contributed by atoms with van der Waals surface area (Å²) in [5.41, 5.74) is 2.28. The standard InChI is InChI=1S/C21H34O/c1-3-5-6-7-8-9-10-11-12-13-16-19-17-14-18-21(22)20(19)15-4-2/h4,14-15,17-18,22H,3,5-13,16H2,1-2H3. The molecule has 0 amide bonds. The fraction of sp³-hybridized carbons (Fsp3) is 0.619. The van der Waals surface area contributed by atoms with Gasteiger partial charge in [-0.3, -0.25) is 0 Å². The highest BCUT2D eigenvalue weighted by atomic mass is 16.3. The minimum Gasteiger partial charge on any atom is -0.507 e. The Labute approximate surface area is 137 Å². The Bertz CT molecular complexity index is 420. The van der Waals surface area contributed by atoms with Crippen molar-refractivity contribution < 1.29 is 5.11 Å². The van der Waals surface area contributed by atoms with Gasteiger partial charge in [0.1, 0.15) is 5.75 Å². The highest BCUT2D eigenvalue weighted by Gasteiger charge is 2.04. The Balaban J connectivity index is 2.14. The summed E-state index contributed by atoms with van der Waals surface area (Å²) in [4.78, 5) is 0. The molecule has 1 aromatic rings. The van der Waals surface area contributed by atoms with Crippen LogP contribution in [0.15, 0.2) is 24.3 Å². The van der Waals surface area contributed by atoms with E-state index >= 15 is 0 Å². The average Bonchev–Trinajstić information content (AvgIpc) is 2.52. The van der Waals surface area contributed by atoms with E-state index in [4.69, 9.17) is 0 Å². The number of hydrogen-bond acceptors (Lipinski definition) is 1. The fourth-order valence-corrected chi connectivity index (χ4v) is 2.98. The van der Waals surface area contributed by atoms with E-state index in [2.05, 4.69) is 13.0 Å². The Kier molecular flexibility index (Phi) is 10.5. The Morgan fingerprint density at radius 3 is 2.05 bits per heavy atom. The van der Waals surface area contributed by atoms with Crippen LogP contribution in [0.5, 0.6) is 5.75 Å². The average molecular weight is 303 g/mol. The van der Waals surface area contributed by atoms with Crippen molar-refractivity contribution in [1.29, 1.82) is 0 Å². The second-order valence-corrected chi connectivity index (χ2v) is 6.28. The molecule has 0 fully saturated rings. The summed E-state index contributed by atoms with van der Waals surface area (Å²) >= 11 is 0. The van der Waals surface area contributed by atoms with Crippen molar-refractivity contribution in [3.8, 4) is 5.75 Å². The lowest BCUT2D eigenvalue weighted by atomic mass is 9.99. The van der Waals surface area contributed by atoms with Crippen molar-refractivity contribution in [3.05, 3.63) is 35.4 Å². The first-order valence-electron chi connectivity index (χ1n) is 9.23. The van der Waals surface area contributed by atoms with Gasteiger partial charge in [-0.25, -0.2) is 0 Å². The molecule has 0 unspecified atom stereocenters. The predicted molar refractivity (Wildman–Crippen MR) is 98.4 cm³/mol. The molecule has 0 saturated heterocycles. The lowest BCUT2D eigenvalue weighted by Crippen LogP contribution is -1.91. The van der Waals surface area contributed by atoms with Crippen LogP contribution in [0.1, 0.15) is 89.2 Å². The quantitative estimate of drug-likeness (QED) is 0.417. The number of unbranched alkanes of at least 4 members (excludes halogenated alkanes) is 9. The van der Waals surface area contributed by atoms with Gasteiger partial charge in [-0.05, 0) is 31.4 Å². The molecule has 0 spiro atoms. The van der Waals surface area contributed by atoms with Gasteiger partial charge < -0.3 is 5.11 Å². The summed E-state index contributed by atoms with van der Waals surface area (Å²) in [6, 6.07) is 5.87. The van der Waals surface area contributed by atoms with Crippen LogP contribution >= 0.6 is 0 Å². The normalized spacial score (nSPS) is 11.4. The van der Waals surface area contributed by atoms with E-state index in [0.717, 1.165) is 12.0 Å². The van der Waals surface area contributed by atoms with Gasteiger partial charge in [0.15, 0.2) is 0 Å². The zero-order valence-electron chi connectivity index (χ0n) is 14.6. The molecular weight excluding hydrogens is 268 g/mol. The van der Waals surface area contributed by atoms with Gasteiger partial charge in [0.05, 0.1) is 0 Å². The van der Waals surface area contributed by atoms with E-state index in [1.807, 2.05) is 25.1 Å². The molecule has 1 heteroatoms. The van der Waals surface area contributed by atoms with Crippen LogP contribution in [0.3, 0.4) is 0 Å². The van der Waals surface area contributed by atoms with Gasteiger partial charge in [-0.15, -0.1) is 0 Å². The van der Waals surface area contributed by atoms with Crippen molar-refractivity contribution in [2.45, 2.75) is 84.5 Å². The van der Waals surface area contributed by atoms with Gasteiger partial charge in [-0.1, -0.05) is 89.0 Å². The fourth-order valence-electron chi connectivity index (χ4n) is 2.98. The zero-order valence-corrected chi connectivity index (χ0v) is 14.6. The van der Waals surface area contributed by atoms with Gasteiger partial charge in [0.2, 0.25) is 0 Å². The van der Waals surface area contributed by atoms with E-state index < -0.39 is 0 Å². The lowest BCUT2D eigenvalue weighted by molar-refractivity contribution is 0.473. The number of phenols is 1. The zero-order chi connectivity index (χ0) is 16.0. The molecule has 0 radical (unpaired) electrons. The van der Waals surface area contributed by atoms with Crippen LogP contribution in [0.25, 0.3) is 6.08 Å². The van der Waals surface area contributed by atoms with Gasteiger partial charge in [-0.2, -0.15) is 0 Å². The molecule has 22 heavy (non-hydrogen) atoms. The summed E-state index contributed by atoms with van der Waals surface area (Å²) in [6.07, 6.45) is 18.7. The van der Waals surface area contributed by atoms with E-state index in [9.17, 15) is 5.11 Å². The third-order valence-electron chi connectivity index (χ3n) is 4.31. The Hall–Kier alpha value is -1.24. The van der Waals surface area contributed by atoms with Gasteiger partial charge >= 0.3 is 0 Å². The molecule has 1 aromatic carbocycles. The SMILES string of the molecule is CC=Cc1c(O)cccc1CCCCCCCCCCCC. The minimum absolute atomic E-state index is 0.405. The summed E-state index contributed by atoms with van der Waals surface area (Å²) in [6.45, 7) is 4.27. The number of rotatable bonds is 12. The molecule has 0 atom stereocenters. The minimum atomic E-state index is 0.405. The van der Waals surface area contributed by atoms with Crippen LogP contribution < -0.4 is 0 Å². The van der Waals surface area contributed by atoms with Crippen LogP contribution in [0, 0.1) is 0 Å². The lowest BCUT2D eigenvalue weighted by Gasteiger charge is -2.08. The Morgan fingerprint density at radius 2 is 1.45 bits per heavy atom. The van der Waals surface area contributed by atoms with E-state index in [0.29, 0.717) is 5.75 Å². The van der Waals surface area contributed by atoms with Crippen molar-refractivity contribution in [2.75, 3.05) is 0 Å². The number of aromatic hydroxyl groups is 1. The maximum atomic E-state index is 9.93. The largest absolute Gasteiger partial charge is 0.507 e. The monoisotopic (exact) mass is 302 g/mol. The molecule has 0 saturated carbocycles. The van der Waals surface area contributed by atoms with Crippen molar-refractivity contribution in [2.24, 2.45) is 0 Å². The Morgan fingerprint density at radius 1 is 0.864 bits per heavy atom. The first-order valence-corrected chi connectivity index (χ1v) is 9.23. The summed E-state index contributed by atoms with van der Waals surface area (Å²) in [7, 11) is 0. The van der Waals surface area contributed by atoms with Gasteiger partial charge in [0, 0.05) is 5.56 Å². The number of aryl methyl sites for hydroxylation is 1. The van der Waals surface area contributed by atoms with Crippen LogP contribution in [-0.4, -0.2) is 5.11 Å². The number of phenolic OH excluding ortho intramolecular Hbond substituents is 1. The molecule has 0 aliphatic rings. The smallest absolute Gasteiger partial charge is 0.123 e. The van der Waals surface area contributed by atoms with Crippen molar-refractivity contribution >= 4 is 6.08 Å². The molecule has 1 nitrogen and oxygen atoms in total. The number of benzene rings is 1. The highest BCUT2D eigenvalue weighted by molar-refractivity contribution is 5.60. The topological polar surface area (TPSA) is 20.2 Å². The first-order chi connectivity index (χ1) is 10.8.